The van der Waals surface area contributed by atoms with Gasteiger partial charge in [0.2, 0.25) is 5.90 Å². The highest BCUT2D eigenvalue weighted by Gasteiger charge is 2.10. The van der Waals surface area contributed by atoms with Crippen molar-refractivity contribution in [1.82, 2.24) is 0 Å². The Bertz CT molecular complexity index is 167. The van der Waals surface area contributed by atoms with Gasteiger partial charge in [0.1, 0.15) is 6.04 Å². The first-order chi connectivity index (χ1) is 5.11. The summed E-state index contributed by atoms with van der Waals surface area (Å²) in [5.41, 5.74) is 5.87. The minimum Gasteiger partial charge on any atom is -0.394 e. The summed E-state index contributed by atoms with van der Waals surface area (Å²) in [6.07, 6.45) is 0. The van der Waals surface area contributed by atoms with Gasteiger partial charge in [-0.25, -0.2) is 4.99 Å². The van der Waals surface area contributed by atoms with E-state index in [1.807, 2.05) is 0 Å². The number of allylic oxidation sites excluding steroid dienone is 1. The summed E-state index contributed by atoms with van der Waals surface area (Å²) in [7, 11) is 0. The Kier molecular flexibility index (Phi) is 4.44. The number of rotatable bonds is 3. The van der Waals surface area contributed by atoms with Crippen LogP contribution in [0.15, 0.2) is 17.3 Å². The molecule has 0 radical (unpaired) electrons. The van der Waals surface area contributed by atoms with E-state index >= 15 is 0 Å². The van der Waals surface area contributed by atoms with Gasteiger partial charge in [0.05, 0.1) is 6.61 Å². The van der Waals surface area contributed by atoms with Gasteiger partial charge in [0.25, 0.3) is 0 Å². The molecule has 0 aliphatic rings. The van der Waals surface area contributed by atoms with Crippen molar-refractivity contribution in [2.45, 2.75) is 13.0 Å². The van der Waals surface area contributed by atoms with E-state index in [0.717, 1.165) is 0 Å². The van der Waals surface area contributed by atoms with E-state index in [9.17, 15) is 0 Å². The summed E-state index contributed by atoms with van der Waals surface area (Å²) in [5, 5.41) is 8.58. The molecule has 0 heterocycles. The van der Waals surface area contributed by atoms with Crippen LogP contribution in [0.1, 0.15) is 6.92 Å². The Labute approximate surface area is 65.3 Å². The molecular weight excluding hydrogens is 146 g/mol. The second-order valence-electron chi connectivity index (χ2n) is 2.09. The number of hydrogen-bond donors (Lipinski definition) is 3. The van der Waals surface area contributed by atoms with E-state index in [-0.39, 0.29) is 12.5 Å². The van der Waals surface area contributed by atoms with Crippen LogP contribution >= 0.6 is 0 Å². The molecule has 5 N–H and O–H groups in total. The number of hydrogen-bond acceptors (Lipinski definition) is 5. The molecule has 0 rings (SSSR count). The van der Waals surface area contributed by atoms with Crippen molar-refractivity contribution in [2.75, 3.05) is 6.61 Å². The van der Waals surface area contributed by atoms with Crippen LogP contribution in [0.3, 0.4) is 0 Å². The van der Waals surface area contributed by atoms with Crippen LogP contribution in [-0.4, -0.2) is 23.7 Å². The van der Waals surface area contributed by atoms with E-state index in [4.69, 9.17) is 16.7 Å². The molecule has 1 unspecified atom stereocenters. The van der Waals surface area contributed by atoms with Crippen molar-refractivity contribution in [1.29, 1.82) is 0 Å². The highest BCUT2D eigenvalue weighted by Crippen LogP contribution is 1.93. The zero-order chi connectivity index (χ0) is 8.85. The molecule has 0 aromatic rings. The lowest BCUT2D eigenvalue weighted by Crippen LogP contribution is -2.37. The predicted octanol–water partition coefficient (Wildman–Crippen LogP) is -0.872. The average Bonchev–Trinajstić information content (AvgIpc) is 1.98. The van der Waals surface area contributed by atoms with Crippen LogP contribution in [0.25, 0.3) is 0 Å². The van der Waals surface area contributed by atoms with Gasteiger partial charge in [0, 0.05) is 5.70 Å². The maximum absolute atomic E-state index is 8.58. The van der Waals surface area contributed by atoms with E-state index in [0.29, 0.717) is 5.70 Å². The van der Waals surface area contributed by atoms with Gasteiger partial charge in [-0.2, -0.15) is 5.90 Å². The molecule has 0 fully saturated rings. The molecule has 0 aromatic carbocycles. The standard InChI is InChI=1S/C6H13N3O2/c1-4(2)9-6(11-8)5(7)3-10/h5,10H,1,3,7-8H2,2H3. The third kappa shape index (κ3) is 3.72. The molecule has 5 heteroatoms. The van der Waals surface area contributed by atoms with Crippen molar-refractivity contribution in [2.24, 2.45) is 16.6 Å². The maximum Gasteiger partial charge on any atom is 0.232 e. The fourth-order valence-electron chi connectivity index (χ4n) is 0.463. The number of nitrogens with two attached hydrogens (primary N) is 2. The van der Waals surface area contributed by atoms with Crippen molar-refractivity contribution >= 4 is 5.90 Å². The zero-order valence-corrected chi connectivity index (χ0v) is 6.45. The van der Waals surface area contributed by atoms with Gasteiger partial charge in [0.15, 0.2) is 0 Å². The van der Waals surface area contributed by atoms with E-state index < -0.39 is 6.04 Å². The lowest BCUT2D eigenvalue weighted by molar-refractivity contribution is 0.251. The van der Waals surface area contributed by atoms with Crippen molar-refractivity contribution in [3.05, 3.63) is 12.3 Å². The van der Waals surface area contributed by atoms with E-state index in [1.165, 1.54) is 0 Å². The summed E-state index contributed by atoms with van der Waals surface area (Å²) in [4.78, 5) is 8.07. The number of aliphatic hydroxyl groups is 1. The Morgan fingerprint density at radius 2 is 2.36 bits per heavy atom. The van der Waals surface area contributed by atoms with Gasteiger partial charge in [-0.05, 0) is 6.92 Å². The maximum atomic E-state index is 8.58. The van der Waals surface area contributed by atoms with Gasteiger partial charge in [-0.3, -0.25) is 0 Å². The SMILES string of the molecule is C=C(C)N=C(ON)C(N)CO. The summed E-state index contributed by atoms with van der Waals surface area (Å²) >= 11 is 0. The first-order valence-electron chi connectivity index (χ1n) is 3.09. The molecule has 0 spiro atoms. The molecule has 0 aliphatic carbocycles. The summed E-state index contributed by atoms with van der Waals surface area (Å²) in [6.45, 7) is 4.91. The molecule has 11 heavy (non-hydrogen) atoms. The Balaban J connectivity index is 4.26. The molecule has 0 saturated carbocycles. The van der Waals surface area contributed by atoms with Crippen LogP contribution in [-0.2, 0) is 4.84 Å². The molecule has 64 valence electrons. The van der Waals surface area contributed by atoms with Crippen molar-refractivity contribution in [3.63, 3.8) is 0 Å². The van der Waals surface area contributed by atoms with Crippen LogP contribution in [0, 0.1) is 0 Å². The first-order valence-corrected chi connectivity index (χ1v) is 3.09. The van der Waals surface area contributed by atoms with Crippen molar-refractivity contribution in [3.8, 4) is 0 Å². The Hall–Kier alpha value is -0.910. The molecular formula is C6H13N3O2. The molecule has 1 atom stereocenters. The molecule has 5 nitrogen and oxygen atoms in total. The second kappa shape index (κ2) is 4.84. The van der Waals surface area contributed by atoms with Gasteiger partial charge < -0.3 is 15.7 Å². The second-order valence-corrected chi connectivity index (χ2v) is 2.09. The number of nitrogens with zero attached hydrogens (tertiary/aromatic N) is 1. The summed E-state index contributed by atoms with van der Waals surface area (Å²) in [5.74, 6) is 4.92. The predicted molar refractivity (Wildman–Crippen MR) is 42.6 cm³/mol. The van der Waals surface area contributed by atoms with E-state index in [2.05, 4.69) is 16.4 Å². The topological polar surface area (TPSA) is 93.9 Å². The molecule has 0 bridgehead atoms. The van der Waals surface area contributed by atoms with Gasteiger partial charge >= 0.3 is 0 Å². The Morgan fingerprint density at radius 3 is 2.64 bits per heavy atom. The monoisotopic (exact) mass is 159 g/mol. The summed E-state index contributed by atoms with van der Waals surface area (Å²) in [6, 6.07) is -0.684. The van der Waals surface area contributed by atoms with Gasteiger partial charge in [-0.1, -0.05) is 6.58 Å². The normalized spacial score (nSPS) is 14.4. The average molecular weight is 159 g/mol. The van der Waals surface area contributed by atoms with E-state index in [1.54, 1.807) is 6.92 Å². The van der Waals surface area contributed by atoms with Crippen LogP contribution in [0.4, 0.5) is 0 Å². The third-order valence-corrected chi connectivity index (χ3v) is 0.936. The van der Waals surface area contributed by atoms with Crippen molar-refractivity contribution < 1.29 is 9.94 Å². The number of aliphatic hydroxyl groups excluding tert-OH is 1. The number of aliphatic imine (C=N–C) groups is 1. The lowest BCUT2D eigenvalue weighted by Gasteiger charge is -2.08. The fourth-order valence-corrected chi connectivity index (χ4v) is 0.463. The quantitative estimate of drug-likeness (QED) is 0.283. The highest BCUT2D eigenvalue weighted by atomic mass is 16.6. The van der Waals surface area contributed by atoms with Gasteiger partial charge in [-0.15, -0.1) is 0 Å². The largest absolute Gasteiger partial charge is 0.394 e. The van der Waals surface area contributed by atoms with Crippen LogP contribution in [0.5, 0.6) is 0 Å². The summed E-state index contributed by atoms with van der Waals surface area (Å²) < 4.78 is 0. The third-order valence-electron chi connectivity index (χ3n) is 0.936. The van der Waals surface area contributed by atoms with Crippen LogP contribution in [0.2, 0.25) is 0 Å². The molecule has 0 aromatic heterocycles. The highest BCUT2D eigenvalue weighted by molar-refractivity contribution is 5.82. The smallest absolute Gasteiger partial charge is 0.232 e. The first kappa shape index (κ1) is 10.1. The lowest BCUT2D eigenvalue weighted by atomic mass is 10.3. The minimum atomic E-state index is -0.684. The Morgan fingerprint density at radius 1 is 1.82 bits per heavy atom. The molecule has 0 amide bonds. The zero-order valence-electron chi connectivity index (χ0n) is 6.45. The van der Waals surface area contributed by atoms with Crippen LogP contribution < -0.4 is 11.6 Å². The molecule has 0 saturated heterocycles. The molecule has 0 aliphatic heterocycles. The fraction of sp³-hybridized carbons (Fsp3) is 0.500. The minimum absolute atomic E-state index is 0.0833.